The zero-order valence-electron chi connectivity index (χ0n) is 12.6. The quantitative estimate of drug-likeness (QED) is 0.832. The minimum absolute atomic E-state index is 0.136. The molecule has 3 rings (SSSR count). The van der Waals surface area contributed by atoms with Crippen LogP contribution in [0.1, 0.15) is 37.8 Å². The minimum Gasteiger partial charge on any atom is -0.508 e. The van der Waals surface area contributed by atoms with Crippen molar-refractivity contribution in [3.05, 3.63) is 42.0 Å². The van der Waals surface area contributed by atoms with Crippen LogP contribution in [0, 0.1) is 5.92 Å². The van der Waals surface area contributed by atoms with E-state index >= 15 is 0 Å². The van der Waals surface area contributed by atoms with E-state index in [2.05, 4.69) is 31.4 Å². The Morgan fingerprint density at radius 3 is 3.00 bits per heavy atom. The molecule has 1 saturated heterocycles. The maximum atomic E-state index is 9.83. The van der Waals surface area contributed by atoms with Gasteiger partial charge in [0.1, 0.15) is 5.75 Å². The van der Waals surface area contributed by atoms with Crippen LogP contribution in [-0.2, 0) is 11.8 Å². The maximum Gasteiger partial charge on any atom is 0.115 e. The molecule has 20 heavy (non-hydrogen) atoms. The third kappa shape index (κ3) is 2.07. The molecular weight excluding hydrogens is 246 g/mol. The lowest BCUT2D eigenvalue weighted by Crippen LogP contribution is -2.55. The Bertz CT molecular complexity index is 520. The van der Waals surface area contributed by atoms with Crippen LogP contribution < -0.4 is 0 Å². The second-order valence-electron chi connectivity index (χ2n) is 6.87. The van der Waals surface area contributed by atoms with Crippen molar-refractivity contribution in [2.24, 2.45) is 5.92 Å². The molecule has 2 atom stereocenters. The standard InChI is InChI=1S/C18H25NO/c1-4-9-19-10-5-6-15-17(19)11-13-7-8-14(20)12-16(13)18(15,2)3/h4,7-8,12,15,17,20H,1,5-6,9-11H2,2-3H3. The lowest BCUT2D eigenvalue weighted by molar-refractivity contribution is 0.0528. The fourth-order valence-electron chi connectivity index (χ4n) is 4.40. The topological polar surface area (TPSA) is 23.5 Å². The zero-order valence-corrected chi connectivity index (χ0v) is 12.6. The highest BCUT2D eigenvalue weighted by molar-refractivity contribution is 5.43. The third-order valence-electron chi connectivity index (χ3n) is 5.40. The summed E-state index contributed by atoms with van der Waals surface area (Å²) in [5.41, 5.74) is 2.89. The van der Waals surface area contributed by atoms with E-state index in [1.165, 1.54) is 30.5 Å². The van der Waals surface area contributed by atoms with Gasteiger partial charge in [-0.15, -0.1) is 6.58 Å². The molecule has 1 aromatic carbocycles. The third-order valence-corrected chi connectivity index (χ3v) is 5.40. The van der Waals surface area contributed by atoms with Gasteiger partial charge in [-0.3, -0.25) is 4.90 Å². The summed E-state index contributed by atoms with van der Waals surface area (Å²) in [5.74, 6) is 1.07. The molecule has 108 valence electrons. The fourth-order valence-corrected chi connectivity index (χ4v) is 4.40. The van der Waals surface area contributed by atoms with E-state index in [0.29, 0.717) is 17.7 Å². The van der Waals surface area contributed by atoms with Crippen LogP contribution >= 0.6 is 0 Å². The van der Waals surface area contributed by atoms with E-state index in [9.17, 15) is 5.11 Å². The average Bonchev–Trinajstić information content (AvgIpc) is 2.41. The average molecular weight is 271 g/mol. The van der Waals surface area contributed by atoms with Gasteiger partial charge in [-0.1, -0.05) is 26.0 Å². The molecule has 0 aromatic heterocycles. The fraction of sp³-hybridized carbons (Fsp3) is 0.556. The molecule has 1 fully saturated rings. The van der Waals surface area contributed by atoms with Crippen LogP contribution in [0.4, 0.5) is 0 Å². The Balaban J connectivity index is 2.03. The van der Waals surface area contributed by atoms with E-state index in [-0.39, 0.29) is 5.41 Å². The number of phenolic OH excluding ortho intramolecular Hbond substituents is 1. The molecule has 2 unspecified atom stereocenters. The molecule has 2 heteroatoms. The van der Waals surface area contributed by atoms with Crippen LogP contribution in [0.15, 0.2) is 30.9 Å². The van der Waals surface area contributed by atoms with Gasteiger partial charge in [0.15, 0.2) is 0 Å². The summed E-state index contributed by atoms with van der Waals surface area (Å²) in [6, 6.07) is 6.55. The number of benzene rings is 1. The molecule has 2 aliphatic rings. The molecule has 0 spiro atoms. The number of aromatic hydroxyl groups is 1. The van der Waals surface area contributed by atoms with E-state index in [1.807, 2.05) is 18.2 Å². The van der Waals surface area contributed by atoms with Crippen LogP contribution in [-0.4, -0.2) is 29.1 Å². The molecule has 1 aromatic rings. The molecule has 1 N–H and O–H groups in total. The number of rotatable bonds is 2. The SMILES string of the molecule is C=CCN1CCCC2C1Cc1ccc(O)cc1C2(C)C. The molecule has 0 amide bonds. The summed E-state index contributed by atoms with van der Waals surface area (Å²) < 4.78 is 0. The number of hydrogen-bond donors (Lipinski definition) is 1. The van der Waals surface area contributed by atoms with E-state index < -0.39 is 0 Å². The first-order valence-electron chi connectivity index (χ1n) is 7.71. The Morgan fingerprint density at radius 1 is 1.45 bits per heavy atom. The maximum absolute atomic E-state index is 9.83. The van der Waals surface area contributed by atoms with Crippen molar-refractivity contribution in [2.75, 3.05) is 13.1 Å². The number of hydrogen-bond acceptors (Lipinski definition) is 2. The van der Waals surface area contributed by atoms with Crippen molar-refractivity contribution in [3.63, 3.8) is 0 Å². The lowest BCUT2D eigenvalue weighted by Gasteiger charge is -2.52. The van der Waals surface area contributed by atoms with Gasteiger partial charge in [0, 0.05) is 12.6 Å². The van der Waals surface area contributed by atoms with Crippen molar-refractivity contribution in [3.8, 4) is 5.75 Å². The number of fused-ring (bicyclic) bond motifs is 2. The monoisotopic (exact) mass is 271 g/mol. The molecule has 2 nitrogen and oxygen atoms in total. The van der Waals surface area contributed by atoms with Crippen molar-refractivity contribution < 1.29 is 5.11 Å². The molecule has 1 heterocycles. The Labute approximate surface area is 122 Å². The number of phenols is 1. The predicted molar refractivity (Wildman–Crippen MR) is 83.1 cm³/mol. The highest BCUT2D eigenvalue weighted by Gasteiger charge is 2.45. The van der Waals surface area contributed by atoms with Gasteiger partial charge in [-0.2, -0.15) is 0 Å². The zero-order chi connectivity index (χ0) is 14.3. The summed E-state index contributed by atoms with van der Waals surface area (Å²) in [5, 5.41) is 9.83. The first-order valence-corrected chi connectivity index (χ1v) is 7.71. The van der Waals surface area contributed by atoms with E-state index in [4.69, 9.17) is 0 Å². The van der Waals surface area contributed by atoms with Gasteiger partial charge >= 0.3 is 0 Å². The second-order valence-corrected chi connectivity index (χ2v) is 6.87. The molecule has 0 bridgehead atoms. The summed E-state index contributed by atoms with van der Waals surface area (Å²) >= 11 is 0. The second kappa shape index (κ2) is 4.92. The lowest BCUT2D eigenvalue weighted by atomic mass is 9.60. The van der Waals surface area contributed by atoms with Crippen LogP contribution in [0.3, 0.4) is 0 Å². The Morgan fingerprint density at radius 2 is 2.25 bits per heavy atom. The number of nitrogens with zero attached hydrogens (tertiary/aromatic N) is 1. The van der Waals surface area contributed by atoms with Crippen LogP contribution in [0.5, 0.6) is 5.75 Å². The molecule has 1 aliphatic heterocycles. The van der Waals surface area contributed by atoms with Crippen molar-refractivity contribution in [1.29, 1.82) is 0 Å². The molecule has 0 saturated carbocycles. The number of piperidine rings is 1. The number of likely N-dealkylation sites (tertiary alicyclic amines) is 1. The highest BCUT2D eigenvalue weighted by atomic mass is 16.3. The normalized spacial score (nSPS) is 28.5. The summed E-state index contributed by atoms with van der Waals surface area (Å²) in [6.07, 6.45) is 5.70. The minimum atomic E-state index is 0.136. The largest absolute Gasteiger partial charge is 0.508 e. The van der Waals surface area contributed by atoms with Gasteiger partial charge < -0.3 is 5.11 Å². The first kappa shape index (κ1) is 13.7. The van der Waals surface area contributed by atoms with Gasteiger partial charge in [-0.25, -0.2) is 0 Å². The van der Waals surface area contributed by atoms with Gasteiger partial charge in [-0.05, 0) is 60.4 Å². The first-order chi connectivity index (χ1) is 9.54. The molecular formula is C18H25NO. The van der Waals surface area contributed by atoms with Crippen LogP contribution in [0.25, 0.3) is 0 Å². The molecule has 0 radical (unpaired) electrons. The summed E-state index contributed by atoms with van der Waals surface area (Å²) in [7, 11) is 0. The van der Waals surface area contributed by atoms with Crippen LogP contribution in [0.2, 0.25) is 0 Å². The Hall–Kier alpha value is -1.28. The predicted octanol–water partition coefficient (Wildman–Crippen LogP) is 3.49. The summed E-state index contributed by atoms with van der Waals surface area (Å²) in [4.78, 5) is 2.60. The van der Waals surface area contributed by atoms with E-state index in [0.717, 1.165) is 13.0 Å². The smallest absolute Gasteiger partial charge is 0.115 e. The van der Waals surface area contributed by atoms with E-state index in [1.54, 1.807) is 0 Å². The van der Waals surface area contributed by atoms with Gasteiger partial charge in [0.2, 0.25) is 0 Å². The van der Waals surface area contributed by atoms with Crippen molar-refractivity contribution in [1.82, 2.24) is 4.90 Å². The highest BCUT2D eigenvalue weighted by Crippen LogP contribution is 2.47. The van der Waals surface area contributed by atoms with Gasteiger partial charge in [0.05, 0.1) is 0 Å². The van der Waals surface area contributed by atoms with Crippen molar-refractivity contribution in [2.45, 2.75) is 44.6 Å². The summed E-state index contributed by atoms with van der Waals surface area (Å²) in [6.45, 7) is 10.8. The Kier molecular flexibility index (Phi) is 3.37. The molecule has 1 aliphatic carbocycles. The van der Waals surface area contributed by atoms with Gasteiger partial charge in [0.25, 0.3) is 0 Å². The van der Waals surface area contributed by atoms with Crippen molar-refractivity contribution >= 4 is 0 Å².